The van der Waals surface area contributed by atoms with Gasteiger partial charge in [0.25, 0.3) is 0 Å². The molecule has 0 N–H and O–H groups in total. The summed E-state index contributed by atoms with van der Waals surface area (Å²) in [5, 5.41) is 1.15. The molecule has 0 saturated carbocycles. The van der Waals surface area contributed by atoms with Crippen LogP contribution in [0.25, 0.3) is 17.0 Å². The van der Waals surface area contributed by atoms with Crippen LogP contribution in [0.4, 0.5) is 0 Å². The van der Waals surface area contributed by atoms with E-state index in [1.54, 1.807) is 19.9 Å². The highest BCUT2D eigenvalue weighted by molar-refractivity contribution is 6.20. The number of benzene rings is 1. The zero-order chi connectivity index (χ0) is 16.9. The molecule has 2 aromatic rings. The summed E-state index contributed by atoms with van der Waals surface area (Å²) in [5.74, 6) is -1.14. The van der Waals surface area contributed by atoms with Gasteiger partial charge in [-0.25, -0.2) is 9.59 Å². The highest BCUT2D eigenvalue weighted by atomic mass is 16.6. The summed E-state index contributed by atoms with van der Waals surface area (Å²) in [6.07, 6.45) is 1.76. The molecule has 1 aromatic carbocycles. The maximum absolute atomic E-state index is 12.0. The molecule has 0 atom stereocenters. The molecule has 1 fully saturated rings. The number of fused-ring (bicyclic) bond motifs is 1. The molecule has 1 saturated heterocycles. The normalized spacial score (nSPS) is 16.6. The Morgan fingerprint density at radius 1 is 1.13 bits per heavy atom. The molecule has 1 aromatic heterocycles. The van der Waals surface area contributed by atoms with Gasteiger partial charge in [0.2, 0.25) is 0 Å². The molecule has 0 spiro atoms. The molecule has 118 valence electrons. The van der Waals surface area contributed by atoms with Gasteiger partial charge in [0.1, 0.15) is 0 Å². The van der Waals surface area contributed by atoms with Crippen molar-refractivity contribution in [2.45, 2.75) is 27.7 Å². The molecule has 0 bridgehead atoms. The number of rotatable bonds is 1. The molecule has 0 aliphatic carbocycles. The number of hydrogen-bond acceptors (Lipinski definition) is 3. The van der Waals surface area contributed by atoms with Crippen molar-refractivity contribution in [1.82, 2.24) is 4.57 Å². The molecular weight excluding hydrogens is 290 g/mol. The van der Waals surface area contributed by atoms with Gasteiger partial charge in [-0.15, -0.1) is 0 Å². The van der Waals surface area contributed by atoms with Crippen molar-refractivity contribution < 1.29 is 14.3 Å². The first-order chi connectivity index (χ1) is 10.8. The third-order valence-corrected chi connectivity index (χ3v) is 4.32. The molecule has 0 amide bonds. The minimum Gasteiger partial charge on any atom is -0.386 e. The predicted molar refractivity (Wildman–Crippen MR) is 89.8 cm³/mol. The van der Waals surface area contributed by atoms with Gasteiger partial charge >= 0.3 is 11.9 Å². The standard InChI is InChI=1S/C19H19NO3/c1-10(2)17-14(18(21)23-19(17)22)9-16-12(4)13-8-11(3)6-7-15(13)20(16)5/h6-9H,1-5H3/b14-9-. The van der Waals surface area contributed by atoms with Crippen LogP contribution in [-0.2, 0) is 21.4 Å². The van der Waals surface area contributed by atoms with E-state index in [2.05, 4.69) is 25.1 Å². The lowest BCUT2D eigenvalue weighted by Gasteiger charge is -2.02. The summed E-state index contributed by atoms with van der Waals surface area (Å²) in [4.78, 5) is 23.9. The van der Waals surface area contributed by atoms with Crippen LogP contribution in [0.15, 0.2) is 34.9 Å². The molecule has 23 heavy (non-hydrogen) atoms. The highest BCUT2D eigenvalue weighted by Gasteiger charge is 2.34. The summed E-state index contributed by atoms with van der Waals surface area (Å²) in [7, 11) is 1.96. The fourth-order valence-corrected chi connectivity index (χ4v) is 3.11. The summed E-state index contributed by atoms with van der Waals surface area (Å²) in [6.45, 7) is 7.69. The van der Waals surface area contributed by atoms with Gasteiger partial charge < -0.3 is 9.30 Å². The molecule has 1 aliphatic rings. The van der Waals surface area contributed by atoms with Crippen LogP contribution in [0.1, 0.15) is 30.7 Å². The van der Waals surface area contributed by atoms with E-state index < -0.39 is 11.9 Å². The van der Waals surface area contributed by atoms with Crippen molar-refractivity contribution in [3.8, 4) is 0 Å². The van der Waals surface area contributed by atoms with E-state index in [4.69, 9.17) is 4.74 Å². The zero-order valence-corrected chi connectivity index (χ0v) is 14.0. The van der Waals surface area contributed by atoms with Crippen molar-refractivity contribution in [1.29, 1.82) is 0 Å². The first-order valence-corrected chi connectivity index (χ1v) is 7.53. The Kier molecular flexibility index (Phi) is 3.48. The topological polar surface area (TPSA) is 48.3 Å². The molecule has 3 rings (SSSR count). The Balaban J connectivity index is 2.27. The van der Waals surface area contributed by atoms with Gasteiger partial charge in [-0.05, 0) is 51.5 Å². The predicted octanol–water partition coefficient (Wildman–Crippen LogP) is 3.60. The Morgan fingerprint density at radius 2 is 1.83 bits per heavy atom. The number of nitrogens with zero attached hydrogens (tertiary/aromatic N) is 1. The highest BCUT2D eigenvalue weighted by Crippen LogP contribution is 2.31. The second-order valence-corrected chi connectivity index (χ2v) is 6.20. The Hall–Kier alpha value is -2.62. The third-order valence-electron chi connectivity index (χ3n) is 4.32. The largest absolute Gasteiger partial charge is 0.386 e. The van der Waals surface area contributed by atoms with Crippen LogP contribution >= 0.6 is 0 Å². The summed E-state index contributed by atoms with van der Waals surface area (Å²) in [6, 6.07) is 6.26. The van der Waals surface area contributed by atoms with Crippen LogP contribution in [0.2, 0.25) is 0 Å². The number of carbonyl (C=O) groups is 2. The fraction of sp³-hybridized carbons (Fsp3) is 0.263. The SMILES string of the molecule is CC(C)=C1C(=O)OC(=O)/C1=C\c1c(C)c2cc(C)ccc2n1C. The maximum Gasteiger partial charge on any atom is 0.346 e. The number of aryl methyl sites for hydroxylation is 3. The Morgan fingerprint density at radius 3 is 2.48 bits per heavy atom. The average molecular weight is 309 g/mol. The number of carbonyl (C=O) groups excluding carboxylic acids is 2. The molecule has 4 nitrogen and oxygen atoms in total. The zero-order valence-electron chi connectivity index (χ0n) is 14.0. The molecule has 1 aliphatic heterocycles. The first kappa shape index (κ1) is 15.3. The van der Waals surface area contributed by atoms with Crippen molar-refractivity contribution >= 4 is 28.9 Å². The van der Waals surface area contributed by atoms with Crippen molar-refractivity contribution in [2.75, 3.05) is 0 Å². The van der Waals surface area contributed by atoms with Crippen LogP contribution in [-0.4, -0.2) is 16.5 Å². The van der Waals surface area contributed by atoms with Gasteiger partial charge in [-0.3, -0.25) is 0 Å². The van der Waals surface area contributed by atoms with Gasteiger partial charge in [-0.1, -0.05) is 17.2 Å². The minimum atomic E-state index is -0.577. The molecule has 4 heteroatoms. The van der Waals surface area contributed by atoms with E-state index in [9.17, 15) is 9.59 Å². The van der Waals surface area contributed by atoms with E-state index in [0.29, 0.717) is 11.1 Å². The summed E-state index contributed by atoms with van der Waals surface area (Å²) >= 11 is 0. The number of cyclic esters (lactones) is 2. The van der Waals surface area contributed by atoms with Gasteiger partial charge in [0.05, 0.1) is 11.1 Å². The number of aromatic nitrogens is 1. The van der Waals surface area contributed by atoms with Crippen LogP contribution < -0.4 is 0 Å². The molecule has 0 unspecified atom stereocenters. The van der Waals surface area contributed by atoms with Crippen LogP contribution in [0, 0.1) is 13.8 Å². The summed E-state index contributed by atoms with van der Waals surface area (Å²) < 4.78 is 6.82. The second-order valence-electron chi connectivity index (χ2n) is 6.20. The molecular formula is C19H19NO3. The fourth-order valence-electron chi connectivity index (χ4n) is 3.11. The van der Waals surface area contributed by atoms with E-state index in [1.807, 2.05) is 18.5 Å². The van der Waals surface area contributed by atoms with Crippen LogP contribution in [0.5, 0.6) is 0 Å². The summed E-state index contributed by atoms with van der Waals surface area (Å²) in [5.41, 5.74) is 5.75. The Labute approximate surface area is 135 Å². The van der Waals surface area contributed by atoms with Crippen LogP contribution in [0.3, 0.4) is 0 Å². The lowest BCUT2D eigenvalue weighted by atomic mass is 10.0. The number of ether oxygens (including phenoxy) is 1. The third kappa shape index (κ3) is 2.31. The van der Waals surface area contributed by atoms with Gasteiger partial charge in [0, 0.05) is 23.6 Å². The minimum absolute atomic E-state index is 0.334. The van der Waals surface area contributed by atoms with E-state index in [0.717, 1.165) is 27.7 Å². The van der Waals surface area contributed by atoms with Gasteiger partial charge in [-0.2, -0.15) is 0 Å². The number of allylic oxidation sites excluding steroid dienone is 1. The quantitative estimate of drug-likeness (QED) is 0.459. The van der Waals surface area contributed by atoms with Crippen molar-refractivity contribution in [3.05, 3.63) is 51.7 Å². The monoisotopic (exact) mass is 309 g/mol. The first-order valence-electron chi connectivity index (χ1n) is 7.53. The lowest BCUT2D eigenvalue weighted by Crippen LogP contribution is -1.99. The van der Waals surface area contributed by atoms with Crippen molar-refractivity contribution in [3.63, 3.8) is 0 Å². The lowest BCUT2D eigenvalue weighted by molar-refractivity contribution is -0.149. The van der Waals surface area contributed by atoms with Crippen molar-refractivity contribution in [2.24, 2.45) is 7.05 Å². The second kappa shape index (κ2) is 5.23. The number of esters is 2. The average Bonchev–Trinajstić information content (AvgIpc) is 2.88. The van der Waals surface area contributed by atoms with Gasteiger partial charge in [0.15, 0.2) is 0 Å². The van der Waals surface area contributed by atoms with E-state index in [-0.39, 0.29) is 0 Å². The Bertz CT molecular complexity index is 922. The molecule has 2 heterocycles. The van der Waals surface area contributed by atoms with E-state index in [1.165, 1.54) is 5.56 Å². The number of hydrogen-bond donors (Lipinski definition) is 0. The van der Waals surface area contributed by atoms with E-state index >= 15 is 0 Å². The molecule has 0 radical (unpaired) electrons. The smallest absolute Gasteiger partial charge is 0.346 e. The maximum atomic E-state index is 12.0.